The summed E-state index contributed by atoms with van der Waals surface area (Å²) in [4.78, 5) is 2.29. The Morgan fingerprint density at radius 1 is 0.385 bits per heavy atom. The molecule has 52 heavy (non-hydrogen) atoms. The van der Waals surface area contributed by atoms with Crippen molar-refractivity contribution in [1.29, 1.82) is 0 Å². The lowest BCUT2D eigenvalue weighted by molar-refractivity contribution is 0.663. The van der Waals surface area contributed by atoms with E-state index in [0.29, 0.717) is 0 Å². The van der Waals surface area contributed by atoms with Crippen molar-refractivity contribution >= 4 is 92.4 Å². The van der Waals surface area contributed by atoms with E-state index in [9.17, 15) is 0 Å². The smallest absolute Gasteiger partial charge is 0.143 e. The Kier molecular flexibility index (Phi) is 6.42. The zero-order valence-electron chi connectivity index (χ0n) is 27.9. The number of hydrogen-bond donors (Lipinski definition) is 0. The monoisotopic (exact) mass is 683 g/mol. The number of rotatable bonds is 5. The molecule has 0 radical (unpaired) electrons. The highest BCUT2D eigenvalue weighted by Crippen LogP contribution is 2.47. The minimum atomic E-state index is 0.850. The fourth-order valence-corrected chi connectivity index (χ4v) is 9.16. The van der Waals surface area contributed by atoms with Crippen molar-refractivity contribution in [3.8, 4) is 22.3 Å². The van der Waals surface area contributed by atoms with Crippen molar-refractivity contribution in [2.75, 3.05) is 4.90 Å². The lowest BCUT2D eigenvalue weighted by Gasteiger charge is -2.25. The molecule has 3 nitrogen and oxygen atoms in total. The van der Waals surface area contributed by atoms with Crippen LogP contribution in [0.4, 0.5) is 17.1 Å². The summed E-state index contributed by atoms with van der Waals surface area (Å²) in [5.41, 5.74) is 11.3. The Morgan fingerprint density at radius 3 is 1.77 bits per heavy atom. The fourth-order valence-electron chi connectivity index (χ4n) is 7.92. The number of fused-ring (bicyclic) bond motifs is 10. The third-order valence-electron chi connectivity index (χ3n) is 10.3. The Hall–Kier alpha value is -6.62. The second-order valence-electron chi connectivity index (χ2n) is 13.2. The average molecular weight is 684 g/mol. The maximum absolute atomic E-state index is 6.86. The molecule has 3 heterocycles. The zero-order chi connectivity index (χ0) is 34.2. The number of nitrogens with zero attached hydrogens (tertiary/aromatic N) is 1. The van der Waals surface area contributed by atoms with Crippen molar-refractivity contribution in [1.82, 2.24) is 0 Å². The molecule has 0 unspecified atom stereocenters. The standard InChI is InChI=1S/C48H29NO2S/c1-3-12-32(13-4-1)49(33-14-5-2-6-15-33)34-24-22-30(23-25-34)39-28-31(35-18-11-19-37-36-16-8-10-21-44(36)52-48(35)37)29-40-46-43(51-47(39)40)27-26-42-45(46)38-17-7-9-20-41(38)50-42/h1-29H. The van der Waals surface area contributed by atoms with Crippen molar-refractivity contribution in [2.24, 2.45) is 0 Å². The maximum Gasteiger partial charge on any atom is 0.143 e. The van der Waals surface area contributed by atoms with E-state index in [1.54, 1.807) is 0 Å². The molecule has 0 atom stereocenters. The van der Waals surface area contributed by atoms with E-state index in [0.717, 1.165) is 77.6 Å². The van der Waals surface area contributed by atoms with E-state index < -0.39 is 0 Å². The highest BCUT2D eigenvalue weighted by Gasteiger charge is 2.21. The first-order chi connectivity index (χ1) is 25.8. The van der Waals surface area contributed by atoms with Crippen LogP contribution in [0.5, 0.6) is 0 Å². The van der Waals surface area contributed by atoms with E-state index in [4.69, 9.17) is 8.83 Å². The van der Waals surface area contributed by atoms with Gasteiger partial charge in [-0.2, -0.15) is 0 Å². The van der Waals surface area contributed by atoms with E-state index in [1.165, 1.54) is 25.7 Å². The molecular weight excluding hydrogens is 655 g/mol. The molecule has 3 aromatic heterocycles. The van der Waals surface area contributed by atoms with Gasteiger partial charge in [0.15, 0.2) is 0 Å². The molecule has 0 spiro atoms. The normalized spacial score (nSPS) is 11.8. The molecule has 11 aromatic rings. The van der Waals surface area contributed by atoms with Crippen LogP contribution < -0.4 is 4.90 Å². The number of para-hydroxylation sites is 3. The van der Waals surface area contributed by atoms with Gasteiger partial charge in [-0.15, -0.1) is 11.3 Å². The van der Waals surface area contributed by atoms with Gasteiger partial charge in [-0.05, 0) is 89.5 Å². The van der Waals surface area contributed by atoms with Crippen LogP contribution in [0, 0.1) is 0 Å². The third kappa shape index (κ3) is 4.45. The van der Waals surface area contributed by atoms with E-state index in [-0.39, 0.29) is 0 Å². The molecule has 0 aliphatic heterocycles. The van der Waals surface area contributed by atoms with Crippen molar-refractivity contribution in [3.63, 3.8) is 0 Å². The summed E-state index contributed by atoms with van der Waals surface area (Å²) in [5.74, 6) is 0. The maximum atomic E-state index is 6.86. The summed E-state index contributed by atoms with van der Waals surface area (Å²) >= 11 is 1.86. The van der Waals surface area contributed by atoms with E-state index in [2.05, 4.69) is 163 Å². The van der Waals surface area contributed by atoms with E-state index >= 15 is 0 Å². The van der Waals surface area contributed by atoms with Gasteiger partial charge in [-0.1, -0.05) is 103 Å². The molecule has 0 aliphatic rings. The van der Waals surface area contributed by atoms with Crippen molar-refractivity contribution in [3.05, 3.63) is 176 Å². The van der Waals surface area contributed by atoms with Crippen molar-refractivity contribution < 1.29 is 8.83 Å². The molecule has 0 aliphatic carbocycles. The van der Waals surface area contributed by atoms with Crippen LogP contribution in [0.2, 0.25) is 0 Å². The van der Waals surface area contributed by atoms with Gasteiger partial charge in [-0.25, -0.2) is 0 Å². The van der Waals surface area contributed by atoms with Crippen LogP contribution in [0.3, 0.4) is 0 Å². The summed E-state index contributed by atoms with van der Waals surface area (Å²) in [6, 6.07) is 62.3. The van der Waals surface area contributed by atoms with Crippen LogP contribution in [0.25, 0.3) is 86.3 Å². The first kappa shape index (κ1) is 29.1. The topological polar surface area (TPSA) is 29.5 Å². The van der Waals surface area contributed by atoms with Gasteiger partial charge in [0, 0.05) is 64.3 Å². The molecule has 0 N–H and O–H groups in total. The summed E-state index contributed by atoms with van der Waals surface area (Å²) in [6.07, 6.45) is 0. The second kappa shape index (κ2) is 11.5. The summed E-state index contributed by atoms with van der Waals surface area (Å²) < 4.78 is 15.8. The summed E-state index contributed by atoms with van der Waals surface area (Å²) in [5, 5.41) is 6.92. The predicted octanol–water partition coefficient (Wildman–Crippen LogP) is 14.7. The second-order valence-corrected chi connectivity index (χ2v) is 14.3. The lowest BCUT2D eigenvalue weighted by atomic mass is 9.94. The third-order valence-corrected chi connectivity index (χ3v) is 11.5. The largest absolute Gasteiger partial charge is 0.456 e. The van der Waals surface area contributed by atoms with Crippen LogP contribution in [0.15, 0.2) is 185 Å². The van der Waals surface area contributed by atoms with Gasteiger partial charge in [0.05, 0.1) is 0 Å². The average Bonchev–Trinajstić information content (AvgIpc) is 3.90. The molecular formula is C48H29NO2S. The number of furan rings is 2. The highest BCUT2D eigenvalue weighted by atomic mass is 32.1. The SMILES string of the molecule is c1ccc(N(c2ccccc2)c2ccc(-c3cc(-c4cccc5c4sc4ccccc45)cc4c3oc3ccc5oc6ccccc6c5c34)cc2)cc1. The van der Waals surface area contributed by atoms with Gasteiger partial charge in [-0.3, -0.25) is 0 Å². The van der Waals surface area contributed by atoms with Crippen LogP contribution in [-0.4, -0.2) is 0 Å². The van der Waals surface area contributed by atoms with Gasteiger partial charge < -0.3 is 13.7 Å². The zero-order valence-corrected chi connectivity index (χ0v) is 28.7. The van der Waals surface area contributed by atoms with Crippen molar-refractivity contribution in [2.45, 2.75) is 0 Å². The molecule has 244 valence electrons. The van der Waals surface area contributed by atoms with Gasteiger partial charge in [0.1, 0.15) is 22.3 Å². The van der Waals surface area contributed by atoms with Gasteiger partial charge in [0.25, 0.3) is 0 Å². The summed E-state index contributed by atoms with van der Waals surface area (Å²) in [7, 11) is 0. The first-order valence-electron chi connectivity index (χ1n) is 17.5. The Bertz CT molecular complexity index is 3080. The van der Waals surface area contributed by atoms with Crippen LogP contribution >= 0.6 is 11.3 Å². The van der Waals surface area contributed by atoms with Crippen LogP contribution in [0.1, 0.15) is 0 Å². The van der Waals surface area contributed by atoms with Gasteiger partial charge >= 0.3 is 0 Å². The molecule has 0 saturated carbocycles. The lowest BCUT2D eigenvalue weighted by Crippen LogP contribution is -2.09. The summed E-state index contributed by atoms with van der Waals surface area (Å²) in [6.45, 7) is 0. The highest BCUT2D eigenvalue weighted by molar-refractivity contribution is 7.26. The molecule has 0 amide bonds. The minimum Gasteiger partial charge on any atom is -0.456 e. The van der Waals surface area contributed by atoms with E-state index in [1.807, 2.05) is 29.5 Å². The first-order valence-corrected chi connectivity index (χ1v) is 18.3. The number of thiophene rings is 1. The Labute approximate surface area is 303 Å². The molecule has 8 aromatic carbocycles. The fraction of sp³-hybridized carbons (Fsp3) is 0. The quantitative estimate of drug-likeness (QED) is 0.181. The molecule has 11 rings (SSSR count). The number of hydrogen-bond acceptors (Lipinski definition) is 4. The predicted molar refractivity (Wildman–Crippen MR) is 219 cm³/mol. The van der Waals surface area contributed by atoms with Gasteiger partial charge in [0.2, 0.25) is 0 Å². The Balaban J connectivity index is 1.17. The molecule has 0 fully saturated rings. The number of benzene rings is 8. The number of anilines is 3. The minimum absolute atomic E-state index is 0.850. The molecule has 0 saturated heterocycles. The Morgan fingerprint density at radius 2 is 1.00 bits per heavy atom. The van der Waals surface area contributed by atoms with Crippen LogP contribution in [-0.2, 0) is 0 Å². The molecule has 0 bridgehead atoms. The molecule has 4 heteroatoms.